The number of para-hydroxylation sites is 1. The van der Waals surface area contributed by atoms with Crippen molar-refractivity contribution in [1.29, 1.82) is 0 Å². The molecule has 2 aromatic heterocycles. The van der Waals surface area contributed by atoms with Crippen molar-refractivity contribution in [3.63, 3.8) is 0 Å². The molecule has 2 heterocycles. The second-order valence-corrected chi connectivity index (χ2v) is 5.47. The molecule has 0 saturated carbocycles. The van der Waals surface area contributed by atoms with Gasteiger partial charge in [0.05, 0.1) is 11.9 Å². The van der Waals surface area contributed by atoms with Gasteiger partial charge in [0.25, 0.3) is 5.91 Å². The summed E-state index contributed by atoms with van der Waals surface area (Å²) in [4.78, 5) is 16.9. The molecule has 0 unspecified atom stereocenters. The zero-order chi connectivity index (χ0) is 16.4. The number of hydrogen-bond acceptors (Lipinski definition) is 2. The van der Waals surface area contributed by atoms with Crippen molar-refractivity contribution in [3.8, 4) is 11.3 Å². The molecule has 0 aliphatic rings. The summed E-state index contributed by atoms with van der Waals surface area (Å²) in [5.41, 5.74) is 4.19. The molecule has 4 heteroatoms. The summed E-state index contributed by atoms with van der Waals surface area (Å²) < 4.78 is 2.01. The van der Waals surface area contributed by atoms with Crippen molar-refractivity contribution in [3.05, 3.63) is 90.8 Å². The number of nitrogens with one attached hydrogen (secondary N) is 1. The average Bonchev–Trinajstić information content (AvgIpc) is 3.07. The molecule has 24 heavy (non-hydrogen) atoms. The van der Waals surface area contributed by atoms with E-state index in [-0.39, 0.29) is 5.91 Å². The lowest BCUT2D eigenvalue weighted by atomic mass is 10.1. The predicted octanol–water partition coefficient (Wildman–Crippen LogP) is 4.25. The highest BCUT2D eigenvalue weighted by atomic mass is 16.1. The Bertz CT molecular complexity index is 1010. The van der Waals surface area contributed by atoms with Crippen molar-refractivity contribution in [2.24, 2.45) is 0 Å². The molecule has 1 amide bonds. The zero-order valence-corrected chi connectivity index (χ0v) is 12.9. The minimum atomic E-state index is -0.128. The zero-order valence-electron chi connectivity index (χ0n) is 12.9. The Balaban J connectivity index is 1.68. The first-order valence-corrected chi connectivity index (χ1v) is 7.70. The van der Waals surface area contributed by atoms with Crippen molar-refractivity contribution in [1.82, 2.24) is 9.38 Å². The second-order valence-electron chi connectivity index (χ2n) is 5.47. The molecule has 0 saturated heterocycles. The highest BCUT2D eigenvalue weighted by Crippen LogP contribution is 2.22. The quantitative estimate of drug-likeness (QED) is 0.614. The summed E-state index contributed by atoms with van der Waals surface area (Å²) >= 11 is 0. The monoisotopic (exact) mass is 313 g/mol. The second kappa shape index (κ2) is 6.01. The van der Waals surface area contributed by atoms with E-state index in [0.29, 0.717) is 5.56 Å². The van der Waals surface area contributed by atoms with Crippen molar-refractivity contribution in [2.45, 2.75) is 0 Å². The van der Waals surface area contributed by atoms with Crippen LogP contribution in [0.2, 0.25) is 0 Å². The Hall–Kier alpha value is -3.40. The lowest BCUT2D eigenvalue weighted by Crippen LogP contribution is -2.11. The number of amides is 1. The van der Waals surface area contributed by atoms with Gasteiger partial charge in [0.15, 0.2) is 0 Å². The van der Waals surface area contributed by atoms with E-state index in [2.05, 4.69) is 10.3 Å². The number of fused-ring (bicyclic) bond motifs is 1. The topological polar surface area (TPSA) is 46.4 Å². The highest BCUT2D eigenvalue weighted by molar-refractivity contribution is 6.04. The van der Waals surface area contributed by atoms with Gasteiger partial charge in [-0.2, -0.15) is 0 Å². The molecule has 0 radical (unpaired) electrons. The summed E-state index contributed by atoms with van der Waals surface area (Å²) in [6.45, 7) is 0. The van der Waals surface area contributed by atoms with E-state index in [9.17, 15) is 4.79 Å². The number of carbonyl (C=O) groups excluding carboxylic acids is 1. The predicted molar refractivity (Wildman–Crippen MR) is 95.0 cm³/mol. The van der Waals surface area contributed by atoms with Crippen LogP contribution in [0.3, 0.4) is 0 Å². The first-order chi connectivity index (χ1) is 11.8. The Morgan fingerprint density at radius 1 is 0.917 bits per heavy atom. The third-order valence-corrected chi connectivity index (χ3v) is 3.87. The van der Waals surface area contributed by atoms with E-state index in [1.807, 2.05) is 89.6 Å². The van der Waals surface area contributed by atoms with Crippen LogP contribution in [0.4, 0.5) is 5.69 Å². The van der Waals surface area contributed by atoms with Gasteiger partial charge in [-0.25, -0.2) is 4.98 Å². The van der Waals surface area contributed by atoms with Gasteiger partial charge in [-0.05, 0) is 36.4 Å². The van der Waals surface area contributed by atoms with E-state index in [4.69, 9.17) is 0 Å². The van der Waals surface area contributed by atoms with E-state index in [0.717, 1.165) is 22.6 Å². The molecular formula is C20H15N3O. The SMILES string of the molecule is O=C(Nc1ccccc1)c1cccc(-c2cnc3ccccn23)c1. The lowest BCUT2D eigenvalue weighted by Gasteiger charge is -2.07. The standard InChI is InChI=1S/C20H15N3O/c24-20(22-17-9-2-1-3-10-17)16-8-6-7-15(13-16)18-14-21-19-11-4-5-12-23(18)19/h1-14H,(H,22,24). The summed E-state index contributed by atoms with van der Waals surface area (Å²) in [5.74, 6) is -0.128. The fraction of sp³-hybridized carbons (Fsp3) is 0. The maximum Gasteiger partial charge on any atom is 0.255 e. The van der Waals surface area contributed by atoms with E-state index >= 15 is 0 Å². The summed E-state index contributed by atoms with van der Waals surface area (Å²) in [7, 11) is 0. The van der Waals surface area contributed by atoms with Crippen LogP contribution < -0.4 is 5.32 Å². The fourth-order valence-electron chi connectivity index (χ4n) is 2.69. The minimum Gasteiger partial charge on any atom is -0.322 e. The van der Waals surface area contributed by atoms with E-state index in [1.54, 1.807) is 0 Å². The molecule has 4 rings (SSSR count). The number of nitrogens with zero attached hydrogens (tertiary/aromatic N) is 2. The number of anilines is 1. The van der Waals surface area contributed by atoms with Crippen molar-refractivity contribution in [2.75, 3.05) is 5.32 Å². The lowest BCUT2D eigenvalue weighted by molar-refractivity contribution is 0.102. The molecule has 4 nitrogen and oxygen atoms in total. The first kappa shape index (κ1) is 14.2. The normalized spacial score (nSPS) is 10.7. The molecular weight excluding hydrogens is 298 g/mol. The van der Waals surface area contributed by atoms with Crippen LogP contribution in [-0.4, -0.2) is 15.3 Å². The Morgan fingerprint density at radius 2 is 1.75 bits per heavy atom. The summed E-state index contributed by atoms with van der Waals surface area (Å²) in [5, 5.41) is 2.91. The van der Waals surface area contributed by atoms with Gasteiger partial charge >= 0.3 is 0 Å². The number of carbonyl (C=O) groups is 1. The van der Waals surface area contributed by atoms with Crippen LogP contribution in [0, 0.1) is 0 Å². The van der Waals surface area contributed by atoms with Crippen molar-refractivity contribution < 1.29 is 4.79 Å². The molecule has 0 aliphatic carbocycles. The molecule has 1 N–H and O–H groups in total. The maximum atomic E-state index is 12.5. The van der Waals surface area contributed by atoms with Gasteiger partial charge < -0.3 is 5.32 Å². The minimum absolute atomic E-state index is 0.128. The largest absolute Gasteiger partial charge is 0.322 e. The van der Waals surface area contributed by atoms with E-state index in [1.165, 1.54) is 0 Å². The smallest absolute Gasteiger partial charge is 0.255 e. The van der Waals surface area contributed by atoms with Gasteiger partial charge in [0.2, 0.25) is 0 Å². The average molecular weight is 313 g/mol. The Labute approximate surface area is 139 Å². The van der Waals surface area contributed by atoms with Gasteiger partial charge in [0, 0.05) is 23.0 Å². The molecule has 0 aliphatic heterocycles. The number of pyridine rings is 1. The van der Waals surface area contributed by atoms with Crippen molar-refractivity contribution >= 4 is 17.2 Å². The molecule has 116 valence electrons. The van der Waals surface area contributed by atoms with Crippen LogP contribution in [0.1, 0.15) is 10.4 Å². The van der Waals surface area contributed by atoms with Crippen LogP contribution in [0.25, 0.3) is 16.9 Å². The molecule has 0 fully saturated rings. The fourth-order valence-corrected chi connectivity index (χ4v) is 2.69. The number of hydrogen-bond donors (Lipinski definition) is 1. The molecule has 4 aromatic rings. The Morgan fingerprint density at radius 3 is 2.62 bits per heavy atom. The molecule has 0 atom stereocenters. The van der Waals surface area contributed by atoms with E-state index < -0.39 is 0 Å². The molecule has 0 spiro atoms. The summed E-state index contributed by atoms with van der Waals surface area (Å²) in [6.07, 6.45) is 3.79. The number of aromatic nitrogens is 2. The number of benzene rings is 2. The van der Waals surface area contributed by atoms with Crippen LogP contribution in [0.5, 0.6) is 0 Å². The number of imidazole rings is 1. The van der Waals surface area contributed by atoms with Crippen LogP contribution in [-0.2, 0) is 0 Å². The highest BCUT2D eigenvalue weighted by Gasteiger charge is 2.10. The molecule has 0 bridgehead atoms. The van der Waals surface area contributed by atoms with Gasteiger partial charge in [-0.1, -0.05) is 36.4 Å². The third kappa shape index (κ3) is 2.65. The van der Waals surface area contributed by atoms with Crippen LogP contribution >= 0.6 is 0 Å². The Kier molecular flexibility index (Phi) is 3.56. The summed E-state index contributed by atoms with van der Waals surface area (Å²) in [6, 6.07) is 22.9. The van der Waals surface area contributed by atoms with Gasteiger partial charge in [-0.15, -0.1) is 0 Å². The maximum absolute atomic E-state index is 12.5. The van der Waals surface area contributed by atoms with Gasteiger partial charge in [-0.3, -0.25) is 9.20 Å². The van der Waals surface area contributed by atoms with Crippen LogP contribution in [0.15, 0.2) is 85.2 Å². The molecule has 2 aromatic carbocycles. The van der Waals surface area contributed by atoms with Gasteiger partial charge in [0.1, 0.15) is 5.65 Å². The first-order valence-electron chi connectivity index (χ1n) is 7.70. The third-order valence-electron chi connectivity index (χ3n) is 3.87. The number of rotatable bonds is 3.